The Bertz CT molecular complexity index is 329. The number of hydrogen-bond acceptors (Lipinski definition) is 9. The van der Waals surface area contributed by atoms with Crippen molar-refractivity contribution in [3.05, 3.63) is 0 Å². The minimum Gasteiger partial charge on any atom is -0.343 e. The maximum absolute atomic E-state index is 5.58. The molecule has 2 aliphatic rings. The van der Waals surface area contributed by atoms with Crippen LogP contribution >= 0.6 is 71.6 Å². The summed E-state index contributed by atoms with van der Waals surface area (Å²) in [6.07, 6.45) is 2.30. The van der Waals surface area contributed by atoms with E-state index in [-0.39, 0.29) is 85.2 Å². The van der Waals surface area contributed by atoms with Gasteiger partial charge in [0.25, 0.3) is 0 Å². The standard InChI is InChI=1S/C9H27B3N6.CH4.B3Cl3H3N3.3ClH/c1-4-7-13-10-16-11(14-8-5-2)18-12(17-10)15-9-6-3;;4-1-7-2(5)9-3(6)8-1;;;/h13-18H,4-9H2,1-3H3;1H4;7-9H;3*1H. The lowest BCUT2D eigenvalue weighted by Crippen LogP contribution is -2.84. The molecule has 31 heavy (non-hydrogen) atoms. The van der Waals surface area contributed by atoms with Gasteiger partial charge in [-0.15, -0.1) is 37.2 Å². The van der Waals surface area contributed by atoms with E-state index in [2.05, 4.69) is 67.3 Å². The number of rotatable bonds is 9. The molecule has 0 aromatic rings. The molecule has 0 bridgehead atoms. The van der Waals surface area contributed by atoms with Crippen molar-refractivity contribution in [2.24, 2.45) is 0 Å². The molecule has 0 aromatic heterocycles. The van der Waals surface area contributed by atoms with Crippen LogP contribution in [0.1, 0.15) is 47.5 Å². The minimum absolute atomic E-state index is 0. The Balaban J connectivity index is -0.000000242. The van der Waals surface area contributed by atoms with E-state index in [1.807, 2.05) is 0 Å². The van der Waals surface area contributed by atoms with E-state index in [0.29, 0.717) is 0 Å². The van der Waals surface area contributed by atoms with Crippen molar-refractivity contribution in [1.82, 2.24) is 46.5 Å². The van der Waals surface area contributed by atoms with Crippen LogP contribution < -0.4 is 46.5 Å². The summed E-state index contributed by atoms with van der Waals surface area (Å²) in [6.45, 7) is 9.54. The Morgan fingerprint density at radius 3 is 0.935 bits per heavy atom. The van der Waals surface area contributed by atoms with Gasteiger partial charge in [-0.2, -0.15) is 34.4 Å². The Kier molecular flexibility index (Phi) is 32.1. The summed E-state index contributed by atoms with van der Waals surface area (Å²) < 4.78 is 0. The zero-order valence-electron chi connectivity index (χ0n) is 17.6. The van der Waals surface area contributed by atoms with E-state index >= 15 is 0 Å². The number of nitrogens with one attached hydrogen (secondary N) is 9. The van der Waals surface area contributed by atoms with Crippen LogP contribution in [0.2, 0.25) is 0 Å². The van der Waals surface area contributed by atoms with Gasteiger partial charge in [-0.3, -0.25) is 0 Å². The summed E-state index contributed by atoms with van der Waals surface area (Å²) in [7, 11) is 0.403. The van der Waals surface area contributed by atoms with E-state index in [1.54, 1.807) is 0 Å². The van der Waals surface area contributed by atoms with Gasteiger partial charge in [0.15, 0.2) is 0 Å². The van der Waals surface area contributed by atoms with Gasteiger partial charge in [-0.25, -0.2) is 0 Å². The van der Waals surface area contributed by atoms with Gasteiger partial charge in [0, 0.05) is 0 Å². The summed E-state index contributed by atoms with van der Waals surface area (Å²) in [6, 6.07) is 0. The molecule has 0 aromatic carbocycles. The van der Waals surface area contributed by atoms with Crippen molar-refractivity contribution in [1.29, 1.82) is 0 Å². The van der Waals surface area contributed by atoms with Crippen molar-refractivity contribution in [2.75, 3.05) is 19.6 Å². The van der Waals surface area contributed by atoms with Gasteiger partial charge in [0.1, 0.15) is 0 Å². The van der Waals surface area contributed by atoms with Gasteiger partial charge >= 0.3 is 40.5 Å². The Morgan fingerprint density at radius 1 is 0.516 bits per heavy atom. The largest absolute Gasteiger partial charge is 0.395 e. The molecule has 9 N–H and O–H groups in total. The molecule has 0 amide bonds. The molecule has 0 radical (unpaired) electrons. The van der Waals surface area contributed by atoms with Gasteiger partial charge in [0.2, 0.25) is 0 Å². The van der Waals surface area contributed by atoms with Crippen molar-refractivity contribution in [2.45, 2.75) is 47.5 Å². The van der Waals surface area contributed by atoms with Crippen LogP contribution in [0.4, 0.5) is 0 Å². The molecule has 0 unspecified atom stereocenters. The highest BCUT2D eigenvalue weighted by molar-refractivity contribution is 7.26. The second-order valence-corrected chi connectivity index (χ2v) is 7.56. The molecule has 0 aliphatic carbocycles. The monoisotopic (exact) mass is 559 g/mol. The first-order valence-corrected chi connectivity index (χ1v) is 11.0. The zero-order chi connectivity index (χ0) is 20.1. The molecule has 2 rings (SSSR count). The number of hydrogen-bond donors (Lipinski definition) is 9. The van der Waals surface area contributed by atoms with Crippen molar-refractivity contribution >= 4 is 112 Å². The highest BCUT2D eigenvalue weighted by atomic mass is 35.5. The predicted octanol–water partition coefficient (Wildman–Crippen LogP) is 0.0637. The molecule has 21 heteroatoms. The highest BCUT2D eigenvalue weighted by Crippen LogP contribution is 1.94. The molecule has 0 spiro atoms. The fraction of sp³-hybridized carbons (Fsp3) is 1.00. The lowest BCUT2D eigenvalue weighted by molar-refractivity contribution is 0.783. The van der Waals surface area contributed by atoms with Crippen LogP contribution in [-0.2, 0) is 0 Å². The molecule has 0 atom stereocenters. The smallest absolute Gasteiger partial charge is 0.343 e. The maximum atomic E-state index is 5.58. The van der Waals surface area contributed by atoms with Gasteiger partial charge < -0.3 is 46.5 Å². The highest BCUT2D eigenvalue weighted by Gasteiger charge is 2.35. The van der Waals surface area contributed by atoms with Gasteiger partial charge in [0.05, 0.1) is 0 Å². The van der Waals surface area contributed by atoms with Crippen LogP contribution in [-0.4, -0.2) is 60.2 Å². The first-order valence-electron chi connectivity index (χ1n) is 9.67. The lowest BCUT2D eigenvalue weighted by Gasteiger charge is -2.33. The van der Waals surface area contributed by atoms with E-state index in [0.717, 1.165) is 38.9 Å². The fourth-order valence-electron chi connectivity index (χ4n) is 2.39. The SMILES string of the molecule is C.CCCNB1NB(NCCC)NB(NCCC)N1.Cl.Cl.Cl.ClB1NB(Cl)NB(Cl)N1. The first kappa shape index (κ1) is 40.0. The molecular weight excluding hydrogens is 524 g/mol. The molecule has 2 heterocycles. The normalized spacial score (nSPS) is 15.7. The minimum atomic E-state index is -0.365. The molecular formula is C10H37B6Cl6N9. The Hall–Kier alpha value is 1.77. The van der Waals surface area contributed by atoms with Crippen LogP contribution in [0.3, 0.4) is 0 Å². The zero-order valence-corrected chi connectivity index (χ0v) is 22.3. The summed E-state index contributed by atoms with van der Waals surface area (Å²) in [4.78, 5) is 0. The first-order chi connectivity index (χ1) is 13.0. The molecule has 0 saturated carbocycles. The summed E-state index contributed by atoms with van der Waals surface area (Å²) in [5.41, 5.74) is 0. The number of halogens is 6. The second kappa shape index (κ2) is 24.9. The quantitative estimate of drug-likeness (QED) is 0.181. The summed E-state index contributed by atoms with van der Waals surface area (Å²) >= 11 is 16.7. The van der Waals surface area contributed by atoms with E-state index < -0.39 is 0 Å². The Morgan fingerprint density at radius 2 is 0.742 bits per heavy atom. The van der Waals surface area contributed by atoms with Crippen molar-refractivity contribution in [3.8, 4) is 0 Å². The predicted molar refractivity (Wildman–Crippen MR) is 154 cm³/mol. The molecule has 2 saturated heterocycles. The fourth-order valence-corrected chi connectivity index (χ4v) is 3.34. The molecule has 9 nitrogen and oxygen atoms in total. The van der Waals surface area contributed by atoms with E-state index in [4.69, 9.17) is 34.4 Å². The van der Waals surface area contributed by atoms with Crippen molar-refractivity contribution in [3.63, 3.8) is 0 Å². The van der Waals surface area contributed by atoms with Crippen LogP contribution in [0.25, 0.3) is 0 Å². The second-order valence-electron chi connectivity index (χ2n) is 6.25. The van der Waals surface area contributed by atoms with Crippen LogP contribution in [0, 0.1) is 0 Å². The van der Waals surface area contributed by atoms with Gasteiger partial charge in [-0.05, 0) is 38.9 Å². The average Bonchev–Trinajstić information content (AvgIpc) is 2.62. The average molecular weight is 561 g/mol. The van der Waals surface area contributed by atoms with Gasteiger partial charge in [-0.1, -0.05) is 28.2 Å². The molecule has 182 valence electrons. The third-order valence-electron chi connectivity index (χ3n) is 3.67. The summed E-state index contributed by atoms with van der Waals surface area (Å²) in [5.74, 6) is 0. The topological polar surface area (TPSA) is 108 Å². The molecule has 2 fully saturated rings. The molecule has 2 aliphatic heterocycles. The van der Waals surface area contributed by atoms with E-state index in [1.165, 1.54) is 0 Å². The maximum Gasteiger partial charge on any atom is 0.395 e. The van der Waals surface area contributed by atoms with Crippen molar-refractivity contribution < 1.29 is 0 Å². The van der Waals surface area contributed by atoms with Crippen LogP contribution in [0.15, 0.2) is 0 Å². The summed E-state index contributed by atoms with van der Waals surface area (Å²) in [5, 5.41) is 28.9. The lowest BCUT2D eigenvalue weighted by atomic mass is 9.64. The van der Waals surface area contributed by atoms with E-state index in [9.17, 15) is 0 Å². The third kappa shape index (κ3) is 19.7. The Labute approximate surface area is 224 Å². The van der Waals surface area contributed by atoms with Crippen LogP contribution in [0.5, 0.6) is 0 Å². The third-order valence-corrected chi connectivity index (χ3v) is 4.43.